The van der Waals surface area contributed by atoms with Crippen molar-refractivity contribution < 1.29 is 19.4 Å². The molecule has 0 fully saturated rings. The molecule has 0 saturated carbocycles. The maximum atomic E-state index is 11.8. The standard InChI is InChI=1S/C15H22N4O4/c1-10-4-6-11(7-5-10)23-9-13(20)19-12(14(21)22)3-2-8-18-15(16)17/h4-7,12H,2-3,8-9H2,1H3,(H,19,20)(H,21,22)(H4,16,17,18)/t12-/m0/s1. The van der Waals surface area contributed by atoms with E-state index in [1.165, 1.54) is 0 Å². The van der Waals surface area contributed by atoms with Gasteiger partial charge in [0.15, 0.2) is 12.6 Å². The number of carboxylic acid groups (broad SMARTS) is 1. The second kappa shape index (κ2) is 9.29. The van der Waals surface area contributed by atoms with Crippen LogP contribution in [-0.2, 0) is 9.59 Å². The van der Waals surface area contributed by atoms with Crippen LogP contribution in [0.15, 0.2) is 29.3 Å². The predicted octanol–water partition coefficient (Wildman–Crippen LogP) is -0.00318. The number of benzene rings is 1. The van der Waals surface area contributed by atoms with E-state index in [9.17, 15) is 9.59 Å². The molecule has 0 unspecified atom stereocenters. The van der Waals surface area contributed by atoms with Gasteiger partial charge in [0.25, 0.3) is 5.91 Å². The van der Waals surface area contributed by atoms with Crippen LogP contribution in [0.25, 0.3) is 0 Å². The van der Waals surface area contributed by atoms with Gasteiger partial charge in [-0.25, -0.2) is 4.79 Å². The summed E-state index contributed by atoms with van der Waals surface area (Å²) < 4.78 is 5.30. The number of carbonyl (C=O) groups is 2. The van der Waals surface area contributed by atoms with E-state index in [2.05, 4.69) is 10.3 Å². The number of carboxylic acids is 1. The molecule has 0 radical (unpaired) electrons. The molecule has 8 heteroatoms. The van der Waals surface area contributed by atoms with Crippen molar-refractivity contribution in [1.29, 1.82) is 0 Å². The van der Waals surface area contributed by atoms with Crippen molar-refractivity contribution in [2.75, 3.05) is 13.2 Å². The second-order valence-electron chi connectivity index (χ2n) is 5.01. The van der Waals surface area contributed by atoms with Gasteiger partial charge in [0.2, 0.25) is 0 Å². The Kier molecular flexibility index (Phi) is 7.38. The molecule has 1 amide bonds. The van der Waals surface area contributed by atoms with Gasteiger partial charge in [0, 0.05) is 6.54 Å². The average molecular weight is 322 g/mol. The quantitative estimate of drug-likeness (QED) is 0.286. The highest BCUT2D eigenvalue weighted by molar-refractivity contribution is 5.84. The van der Waals surface area contributed by atoms with Gasteiger partial charge in [-0.15, -0.1) is 0 Å². The van der Waals surface area contributed by atoms with Crippen LogP contribution < -0.4 is 21.5 Å². The molecular weight excluding hydrogens is 300 g/mol. The Hall–Kier alpha value is -2.77. The maximum absolute atomic E-state index is 11.8. The molecular formula is C15H22N4O4. The van der Waals surface area contributed by atoms with E-state index in [4.69, 9.17) is 21.3 Å². The van der Waals surface area contributed by atoms with Crippen LogP contribution >= 0.6 is 0 Å². The molecule has 0 aliphatic heterocycles. The van der Waals surface area contributed by atoms with Crippen molar-refractivity contribution >= 4 is 17.8 Å². The molecule has 0 heterocycles. The normalized spacial score (nSPS) is 11.3. The smallest absolute Gasteiger partial charge is 0.326 e. The Bertz CT molecular complexity index is 553. The summed E-state index contributed by atoms with van der Waals surface area (Å²) in [5.41, 5.74) is 11.4. The van der Waals surface area contributed by atoms with Crippen LogP contribution in [0.1, 0.15) is 18.4 Å². The highest BCUT2D eigenvalue weighted by atomic mass is 16.5. The topological polar surface area (TPSA) is 140 Å². The molecule has 1 aromatic rings. The number of guanidine groups is 1. The van der Waals surface area contributed by atoms with Crippen molar-refractivity contribution in [3.63, 3.8) is 0 Å². The Balaban J connectivity index is 2.39. The fourth-order valence-corrected chi connectivity index (χ4v) is 1.78. The van der Waals surface area contributed by atoms with E-state index >= 15 is 0 Å². The number of carbonyl (C=O) groups excluding carboxylic acids is 1. The first kappa shape index (κ1) is 18.3. The first-order valence-electron chi connectivity index (χ1n) is 7.15. The predicted molar refractivity (Wildman–Crippen MR) is 86.2 cm³/mol. The fraction of sp³-hybridized carbons (Fsp3) is 0.400. The Morgan fingerprint density at radius 1 is 1.30 bits per heavy atom. The highest BCUT2D eigenvalue weighted by Crippen LogP contribution is 2.11. The molecule has 0 spiro atoms. The Morgan fingerprint density at radius 2 is 1.96 bits per heavy atom. The van der Waals surface area contributed by atoms with Gasteiger partial charge in [0.05, 0.1) is 0 Å². The van der Waals surface area contributed by atoms with Gasteiger partial charge in [-0.2, -0.15) is 0 Å². The third-order valence-corrected chi connectivity index (χ3v) is 2.97. The summed E-state index contributed by atoms with van der Waals surface area (Å²) in [5.74, 6) is -1.11. The number of nitrogens with one attached hydrogen (secondary N) is 1. The summed E-state index contributed by atoms with van der Waals surface area (Å²) in [5, 5.41) is 11.5. The van der Waals surface area contributed by atoms with Crippen LogP contribution in [0, 0.1) is 6.92 Å². The van der Waals surface area contributed by atoms with Crippen LogP contribution in [0.2, 0.25) is 0 Å². The number of aryl methyl sites for hydroxylation is 1. The van der Waals surface area contributed by atoms with Crippen LogP contribution in [0.3, 0.4) is 0 Å². The first-order valence-corrected chi connectivity index (χ1v) is 7.15. The van der Waals surface area contributed by atoms with Gasteiger partial charge in [-0.3, -0.25) is 9.79 Å². The van der Waals surface area contributed by atoms with E-state index in [1.54, 1.807) is 12.1 Å². The summed E-state index contributed by atoms with van der Waals surface area (Å²) >= 11 is 0. The summed E-state index contributed by atoms with van der Waals surface area (Å²) in [6.07, 6.45) is 0.663. The number of nitrogens with zero attached hydrogens (tertiary/aromatic N) is 1. The van der Waals surface area contributed by atoms with Gasteiger partial charge in [0.1, 0.15) is 11.8 Å². The van der Waals surface area contributed by atoms with Crippen LogP contribution in [0.4, 0.5) is 0 Å². The van der Waals surface area contributed by atoms with Gasteiger partial charge in [-0.05, 0) is 31.9 Å². The zero-order valence-corrected chi connectivity index (χ0v) is 13.0. The van der Waals surface area contributed by atoms with E-state index in [0.29, 0.717) is 18.7 Å². The molecule has 8 nitrogen and oxygen atoms in total. The summed E-state index contributed by atoms with van der Waals surface area (Å²) in [7, 11) is 0. The van der Waals surface area contributed by atoms with Crippen LogP contribution in [0.5, 0.6) is 5.75 Å². The number of amides is 1. The molecule has 1 atom stereocenters. The van der Waals surface area contributed by atoms with Gasteiger partial charge < -0.3 is 26.6 Å². The molecule has 6 N–H and O–H groups in total. The first-order chi connectivity index (χ1) is 10.9. The monoisotopic (exact) mass is 322 g/mol. The molecule has 126 valence electrons. The lowest BCUT2D eigenvalue weighted by Crippen LogP contribution is -2.43. The molecule has 1 aromatic carbocycles. The number of aliphatic imine (C=N–C) groups is 1. The van der Waals surface area contributed by atoms with E-state index in [1.807, 2.05) is 19.1 Å². The SMILES string of the molecule is Cc1ccc(OCC(=O)N[C@@H](CCCN=C(N)N)C(=O)O)cc1. The molecule has 0 bridgehead atoms. The lowest BCUT2D eigenvalue weighted by Gasteiger charge is -2.14. The zero-order chi connectivity index (χ0) is 17.2. The van der Waals surface area contributed by atoms with Crippen molar-refractivity contribution in [2.45, 2.75) is 25.8 Å². The van der Waals surface area contributed by atoms with Gasteiger partial charge in [-0.1, -0.05) is 17.7 Å². The molecule has 0 aliphatic carbocycles. The Morgan fingerprint density at radius 3 is 2.52 bits per heavy atom. The zero-order valence-electron chi connectivity index (χ0n) is 13.0. The van der Waals surface area contributed by atoms with Gasteiger partial charge >= 0.3 is 5.97 Å². The molecule has 0 saturated heterocycles. The largest absolute Gasteiger partial charge is 0.484 e. The van der Waals surface area contributed by atoms with E-state index in [-0.39, 0.29) is 19.0 Å². The highest BCUT2D eigenvalue weighted by Gasteiger charge is 2.19. The summed E-state index contributed by atoms with van der Waals surface area (Å²) in [4.78, 5) is 26.7. The number of aliphatic carboxylic acids is 1. The van der Waals surface area contributed by atoms with Crippen molar-refractivity contribution in [3.8, 4) is 5.75 Å². The third kappa shape index (κ3) is 7.70. The fourth-order valence-electron chi connectivity index (χ4n) is 1.78. The third-order valence-electron chi connectivity index (χ3n) is 2.97. The van der Waals surface area contributed by atoms with Crippen molar-refractivity contribution in [3.05, 3.63) is 29.8 Å². The lowest BCUT2D eigenvalue weighted by atomic mass is 10.1. The molecule has 0 aromatic heterocycles. The summed E-state index contributed by atoms with van der Waals surface area (Å²) in [6.45, 7) is 2.00. The average Bonchev–Trinajstić information content (AvgIpc) is 2.49. The number of rotatable bonds is 9. The lowest BCUT2D eigenvalue weighted by molar-refractivity contribution is -0.142. The second-order valence-corrected chi connectivity index (χ2v) is 5.01. The number of nitrogens with two attached hydrogens (primary N) is 2. The number of ether oxygens (including phenoxy) is 1. The summed E-state index contributed by atoms with van der Waals surface area (Å²) in [6, 6.07) is 6.20. The molecule has 23 heavy (non-hydrogen) atoms. The minimum absolute atomic E-state index is 0.0487. The number of hydrogen-bond donors (Lipinski definition) is 4. The van der Waals surface area contributed by atoms with Crippen LogP contribution in [-0.4, -0.2) is 42.1 Å². The molecule has 1 rings (SSSR count). The van der Waals surface area contributed by atoms with E-state index < -0.39 is 17.9 Å². The molecule has 0 aliphatic rings. The van der Waals surface area contributed by atoms with Crippen molar-refractivity contribution in [1.82, 2.24) is 5.32 Å². The van der Waals surface area contributed by atoms with Crippen molar-refractivity contribution in [2.24, 2.45) is 16.5 Å². The number of hydrogen-bond acceptors (Lipinski definition) is 4. The van der Waals surface area contributed by atoms with E-state index in [0.717, 1.165) is 5.56 Å². The minimum atomic E-state index is -1.11. The Labute approximate surface area is 134 Å². The minimum Gasteiger partial charge on any atom is -0.484 e. The maximum Gasteiger partial charge on any atom is 0.326 e.